The van der Waals surface area contributed by atoms with E-state index in [1.165, 1.54) is 38.5 Å². The first kappa shape index (κ1) is 12.0. The lowest BCUT2D eigenvalue weighted by Gasteiger charge is -2.29. The minimum Gasteiger partial charge on any atom is -0.390 e. The third kappa shape index (κ3) is 4.00. The van der Waals surface area contributed by atoms with Crippen LogP contribution < -0.4 is 0 Å². The lowest BCUT2D eigenvalue weighted by Crippen LogP contribution is -2.30. The van der Waals surface area contributed by atoms with Crippen molar-refractivity contribution in [1.29, 1.82) is 0 Å². The Morgan fingerprint density at radius 3 is 2.21 bits per heavy atom. The zero-order valence-corrected chi connectivity index (χ0v) is 9.89. The molecule has 0 spiro atoms. The third-order valence-electron chi connectivity index (χ3n) is 3.54. The summed E-state index contributed by atoms with van der Waals surface area (Å²) in [5, 5.41) is 10.4. The van der Waals surface area contributed by atoms with Gasteiger partial charge in [-0.15, -0.1) is 0 Å². The van der Waals surface area contributed by atoms with E-state index in [9.17, 15) is 5.11 Å². The molecule has 1 saturated carbocycles. The highest BCUT2D eigenvalue weighted by Crippen LogP contribution is 2.33. The molecule has 1 heteroatoms. The standard InChI is InChI=1S/C13H26O/c1-3-8-12(2)11-13(14)9-6-4-5-7-10-13/h12,14H,3-11H2,1-2H3. The second-order valence-electron chi connectivity index (χ2n) is 5.24. The molecule has 0 heterocycles. The fraction of sp³-hybridized carbons (Fsp3) is 1.00. The Labute approximate surface area is 88.9 Å². The zero-order chi connectivity index (χ0) is 10.4. The van der Waals surface area contributed by atoms with Crippen LogP contribution in [0.3, 0.4) is 0 Å². The van der Waals surface area contributed by atoms with Gasteiger partial charge in [0.25, 0.3) is 0 Å². The maximum absolute atomic E-state index is 10.4. The third-order valence-corrected chi connectivity index (χ3v) is 3.54. The first-order valence-electron chi connectivity index (χ1n) is 6.39. The van der Waals surface area contributed by atoms with Gasteiger partial charge in [0.05, 0.1) is 5.60 Å². The van der Waals surface area contributed by atoms with Gasteiger partial charge in [0.1, 0.15) is 0 Å². The second kappa shape index (κ2) is 5.75. The SMILES string of the molecule is CCCC(C)CC1(O)CCCCCC1. The van der Waals surface area contributed by atoms with Crippen LogP contribution >= 0.6 is 0 Å². The molecule has 1 atom stereocenters. The van der Waals surface area contributed by atoms with Crippen LogP contribution in [0, 0.1) is 5.92 Å². The number of aliphatic hydroxyl groups is 1. The second-order valence-corrected chi connectivity index (χ2v) is 5.24. The average molecular weight is 198 g/mol. The van der Waals surface area contributed by atoms with Crippen LogP contribution in [0.2, 0.25) is 0 Å². The normalized spacial score (nSPS) is 24.2. The Bertz CT molecular complexity index is 145. The Morgan fingerprint density at radius 2 is 1.71 bits per heavy atom. The van der Waals surface area contributed by atoms with Crippen molar-refractivity contribution in [3.8, 4) is 0 Å². The summed E-state index contributed by atoms with van der Waals surface area (Å²) in [6, 6.07) is 0. The molecule has 0 aromatic rings. The summed E-state index contributed by atoms with van der Waals surface area (Å²) in [6.45, 7) is 4.51. The molecule has 0 bridgehead atoms. The quantitative estimate of drug-likeness (QED) is 0.679. The van der Waals surface area contributed by atoms with Gasteiger partial charge in [-0.2, -0.15) is 0 Å². The van der Waals surface area contributed by atoms with Crippen LogP contribution in [0.25, 0.3) is 0 Å². The molecule has 0 amide bonds. The monoisotopic (exact) mass is 198 g/mol. The van der Waals surface area contributed by atoms with Gasteiger partial charge in [-0.3, -0.25) is 0 Å². The van der Waals surface area contributed by atoms with Gasteiger partial charge in [0.2, 0.25) is 0 Å². The van der Waals surface area contributed by atoms with E-state index < -0.39 is 0 Å². The van der Waals surface area contributed by atoms with Crippen molar-refractivity contribution >= 4 is 0 Å². The Morgan fingerprint density at radius 1 is 1.14 bits per heavy atom. The van der Waals surface area contributed by atoms with Crippen LogP contribution in [-0.2, 0) is 0 Å². The van der Waals surface area contributed by atoms with Crippen molar-refractivity contribution in [2.75, 3.05) is 0 Å². The average Bonchev–Trinajstić information content (AvgIpc) is 2.30. The van der Waals surface area contributed by atoms with Gasteiger partial charge in [-0.25, -0.2) is 0 Å². The summed E-state index contributed by atoms with van der Waals surface area (Å²) in [5.74, 6) is 0.697. The fourth-order valence-corrected chi connectivity index (χ4v) is 2.83. The predicted molar refractivity (Wildman–Crippen MR) is 61.3 cm³/mol. The topological polar surface area (TPSA) is 20.2 Å². The van der Waals surface area contributed by atoms with E-state index in [4.69, 9.17) is 0 Å². The summed E-state index contributed by atoms with van der Waals surface area (Å²) in [4.78, 5) is 0. The van der Waals surface area contributed by atoms with Crippen LogP contribution in [-0.4, -0.2) is 10.7 Å². The van der Waals surface area contributed by atoms with Gasteiger partial charge in [-0.05, 0) is 25.2 Å². The summed E-state index contributed by atoms with van der Waals surface area (Å²) in [5.41, 5.74) is -0.314. The molecular formula is C13H26O. The van der Waals surface area contributed by atoms with E-state index >= 15 is 0 Å². The summed E-state index contributed by atoms with van der Waals surface area (Å²) in [7, 11) is 0. The predicted octanol–water partition coefficient (Wildman–Crippen LogP) is 3.90. The van der Waals surface area contributed by atoms with Crippen LogP contribution in [0.1, 0.15) is 71.6 Å². The molecule has 1 aliphatic rings. The molecule has 84 valence electrons. The van der Waals surface area contributed by atoms with Crippen molar-refractivity contribution in [3.05, 3.63) is 0 Å². The van der Waals surface area contributed by atoms with E-state index in [1.807, 2.05) is 0 Å². The maximum Gasteiger partial charge on any atom is 0.0650 e. The molecule has 0 aliphatic heterocycles. The molecule has 1 N–H and O–H groups in total. The molecule has 14 heavy (non-hydrogen) atoms. The molecule has 0 radical (unpaired) electrons. The Hall–Kier alpha value is -0.0400. The van der Waals surface area contributed by atoms with Crippen molar-refractivity contribution in [3.63, 3.8) is 0 Å². The first-order valence-corrected chi connectivity index (χ1v) is 6.39. The highest BCUT2D eigenvalue weighted by molar-refractivity contribution is 4.82. The highest BCUT2D eigenvalue weighted by atomic mass is 16.3. The maximum atomic E-state index is 10.4. The molecule has 1 fully saturated rings. The number of rotatable bonds is 4. The summed E-state index contributed by atoms with van der Waals surface area (Å²) < 4.78 is 0. The van der Waals surface area contributed by atoms with Gasteiger partial charge in [0, 0.05) is 0 Å². The smallest absolute Gasteiger partial charge is 0.0650 e. The fourth-order valence-electron chi connectivity index (χ4n) is 2.83. The number of hydrogen-bond acceptors (Lipinski definition) is 1. The first-order chi connectivity index (χ1) is 6.66. The van der Waals surface area contributed by atoms with Gasteiger partial charge in [0.15, 0.2) is 0 Å². The van der Waals surface area contributed by atoms with Gasteiger partial charge >= 0.3 is 0 Å². The van der Waals surface area contributed by atoms with Gasteiger partial charge in [-0.1, -0.05) is 52.4 Å². The largest absolute Gasteiger partial charge is 0.390 e. The van der Waals surface area contributed by atoms with Crippen LogP contribution in [0.4, 0.5) is 0 Å². The lowest BCUT2D eigenvalue weighted by molar-refractivity contribution is 0.00222. The molecule has 1 unspecified atom stereocenters. The summed E-state index contributed by atoms with van der Waals surface area (Å²) >= 11 is 0. The molecule has 1 rings (SSSR count). The van der Waals surface area contributed by atoms with Crippen molar-refractivity contribution in [2.45, 2.75) is 77.2 Å². The van der Waals surface area contributed by atoms with Crippen molar-refractivity contribution < 1.29 is 5.11 Å². The highest BCUT2D eigenvalue weighted by Gasteiger charge is 2.29. The van der Waals surface area contributed by atoms with E-state index in [-0.39, 0.29) is 5.60 Å². The van der Waals surface area contributed by atoms with E-state index in [1.54, 1.807) is 0 Å². The van der Waals surface area contributed by atoms with Gasteiger partial charge < -0.3 is 5.11 Å². The van der Waals surface area contributed by atoms with Crippen molar-refractivity contribution in [2.24, 2.45) is 5.92 Å². The molecular weight excluding hydrogens is 172 g/mol. The lowest BCUT2D eigenvalue weighted by atomic mass is 9.84. The van der Waals surface area contributed by atoms with Crippen LogP contribution in [0.5, 0.6) is 0 Å². The molecule has 0 aromatic heterocycles. The van der Waals surface area contributed by atoms with E-state index in [0.717, 1.165) is 19.3 Å². The minimum atomic E-state index is -0.314. The molecule has 1 aliphatic carbocycles. The van der Waals surface area contributed by atoms with Crippen LogP contribution in [0.15, 0.2) is 0 Å². The van der Waals surface area contributed by atoms with E-state index in [2.05, 4.69) is 13.8 Å². The summed E-state index contributed by atoms with van der Waals surface area (Å²) in [6.07, 6.45) is 10.7. The van der Waals surface area contributed by atoms with E-state index in [0.29, 0.717) is 5.92 Å². The molecule has 1 nitrogen and oxygen atoms in total. The Balaban J connectivity index is 2.37. The number of hydrogen-bond donors (Lipinski definition) is 1. The molecule has 0 aromatic carbocycles. The Kier molecular flexibility index (Phi) is 4.94. The molecule has 0 saturated heterocycles. The zero-order valence-electron chi connectivity index (χ0n) is 9.89. The minimum absolute atomic E-state index is 0.314. The van der Waals surface area contributed by atoms with Crippen molar-refractivity contribution in [1.82, 2.24) is 0 Å².